The molecule has 180 valence electrons. The van der Waals surface area contributed by atoms with Crippen molar-refractivity contribution in [3.05, 3.63) is 48.5 Å². The first-order valence-electron chi connectivity index (χ1n) is 12.4. The Bertz CT molecular complexity index is 786. The number of aromatic carboxylic acids is 1. The monoisotopic (exact) mass is 614 g/mol. The third-order valence-corrected chi connectivity index (χ3v) is 22.3. The predicted octanol–water partition coefficient (Wildman–Crippen LogP) is 3.01. The van der Waals surface area contributed by atoms with Crippen LogP contribution in [0.3, 0.4) is 0 Å². The summed E-state index contributed by atoms with van der Waals surface area (Å²) < 4.78 is 10.1. The summed E-state index contributed by atoms with van der Waals surface area (Å²) in [5.74, 6) is -0.789. The van der Waals surface area contributed by atoms with Crippen LogP contribution in [0.1, 0.15) is 82.5 Å². The molecular formula is C26H43BrN2O2Sn. The zero-order valence-electron chi connectivity index (χ0n) is 20.4. The molecule has 0 aliphatic carbocycles. The van der Waals surface area contributed by atoms with Crippen molar-refractivity contribution in [1.29, 1.82) is 0 Å². The summed E-state index contributed by atoms with van der Waals surface area (Å²) in [5.41, 5.74) is 0.475. The van der Waals surface area contributed by atoms with Crippen molar-refractivity contribution >= 4 is 27.9 Å². The van der Waals surface area contributed by atoms with E-state index in [2.05, 4.69) is 54.7 Å². The van der Waals surface area contributed by atoms with Gasteiger partial charge in [-0.15, -0.1) is 0 Å². The number of carbonyl (C=O) groups is 1. The van der Waals surface area contributed by atoms with E-state index >= 15 is 0 Å². The standard InChI is InChI=1S/C11H20N2.C7H5O2.2C4H9.BrH.Sn/c1-3-5-6-7-8-13-10-9-12(4-2)11-13;8-7(9)6-4-2-1-3-5-6;2*1-3-4-2;;/h9-11H,1,3-8H2,2H3;1-2,4-5H,(H,8,9);2*1,3-4H2,2H3;1H;/q+1;;;;;/p-1. The molecule has 1 aromatic heterocycles. The second-order valence-electron chi connectivity index (χ2n) is 9.02. The van der Waals surface area contributed by atoms with Crippen molar-refractivity contribution in [2.24, 2.45) is 0 Å². The fourth-order valence-electron chi connectivity index (χ4n) is 4.69. The molecule has 0 unspecified atom stereocenters. The van der Waals surface area contributed by atoms with E-state index in [-0.39, 0.29) is 17.0 Å². The summed E-state index contributed by atoms with van der Waals surface area (Å²) in [4.78, 5) is 11.6. The van der Waals surface area contributed by atoms with Gasteiger partial charge in [0.15, 0.2) is 0 Å². The summed E-state index contributed by atoms with van der Waals surface area (Å²) in [7, 11) is 0. The van der Waals surface area contributed by atoms with E-state index in [9.17, 15) is 9.90 Å². The van der Waals surface area contributed by atoms with Gasteiger partial charge in [-0.1, -0.05) is 0 Å². The predicted molar refractivity (Wildman–Crippen MR) is 132 cm³/mol. The number of nitrogens with zero attached hydrogens (tertiary/aromatic N) is 2. The van der Waals surface area contributed by atoms with Crippen molar-refractivity contribution < 1.29 is 31.4 Å². The maximum atomic E-state index is 11.6. The third-order valence-electron chi connectivity index (χ3n) is 6.67. The zero-order chi connectivity index (χ0) is 22.5. The average Bonchev–Trinajstić information content (AvgIpc) is 3.25. The van der Waals surface area contributed by atoms with Crippen LogP contribution >= 0.6 is 0 Å². The van der Waals surface area contributed by atoms with E-state index in [4.69, 9.17) is 0 Å². The Kier molecular flexibility index (Phi) is 14.5. The Hall–Kier alpha value is -0.821. The van der Waals surface area contributed by atoms with E-state index in [0.717, 1.165) is 13.1 Å². The summed E-state index contributed by atoms with van der Waals surface area (Å²) in [6.07, 6.45) is 16.7. The second-order valence-corrected chi connectivity index (χ2v) is 22.3. The van der Waals surface area contributed by atoms with Crippen LogP contribution in [-0.2, 0) is 13.1 Å². The van der Waals surface area contributed by atoms with Gasteiger partial charge in [0, 0.05) is 0 Å². The average molecular weight is 614 g/mol. The smallest absolute Gasteiger partial charge is 1.00 e. The largest absolute Gasteiger partial charge is 1.00 e. The third kappa shape index (κ3) is 9.20. The van der Waals surface area contributed by atoms with E-state index in [1.165, 1.54) is 68.3 Å². The molecule has 4 nitrogen and oxygen atoms in total. The van der Waals surface area contributed by atoms with Gasteiger partial charge in [-0.3, -0.25) is 0 Å². The fourth-order valence-corrected chi connectivity index (χ4v) is 20.4. The van der Waals surface area contributed by atoms with E-state index in [1.807, 2.05) is 12.1 Å². The van der Waals surface area contributed by atoms with Crippen molar-refractivity contribution in [1.82, 2.24) is 4.57 Å². The fraction of sp³-hybridized carbons (Fsp3) is 0.615. The van der Waals surface area contributed by atoms with Gasteiger partial charge in [-0.25, -0.2) is 0 Å². The minimum Gasteiger partial charge on any atom is -1.00 e. The number of carboxylic acids is 1. The maximum Gasteiger partial charge on any atom is -1.00 e. The Morgan fingerprint density at radius 2 is 1.62 bits per heavy atom. The maximum absolute atomic E-state index is 11.6. The molecule has 0 atom stereocenters. The Morgan fingerprint density at radius 3 is 2.22 bits per heavy atom. The summed E-state index contributed by atoms with van der Waals surface area (Å²) >= 11 is -2.61. The quantitative estimate of drug-likeness (QED) is 0.180. The van der Waals surface area contributed by atoms with Gasteiger partial charge in [-0.05, 0) is 0 Å². The number of unbranched alkanes of at least 4 members (excludes halogenated alkanes) is 5. The number of rotatable bonds is 16. The minimum absolute atomic E-state index is 0. The molecule has 32 heavy (non-hydrogen) atoms. The van der Waals surface area contributed by atoms with Gasteiger partial charge in [0.2, 0.25) is 0 Å². The molecule has 0 radical (unpaired) electrons. The molecule has 0 saturated carbocycles. The normalized spacial score (nSPS) is 11.3. The Labute approximate surface area is 210 Å². The van der Waals surface area contributed by atoms with Gasteiger partial charge in [0.25, 0.3) is 0 Å². The number of carboxylic acid groups (broad SMARTS) is 1. The van der Waals surface area contributed by atoms with Crippen molar-refractivity contribution in [2.75, 3.05) is 0 Å². The van der Waals surface area contributed by atoms with Crippen LogP contribution in [-0.4, -0.2) is 34.0 Å². The van der Waals surface area contributed by atoms with Gasteiger partial charge in [-0.2, -0.15) is 0 Å². The molecule has 0 aliphatic heterocycles. The molecule has 2 rings (SSSR count). The molecule has 0 amide bonds. The van der Waals surface area contributed by atoms with Crippen LogP contribution in [0.25, 0.3) is 0 Å². The molecule has 1 aromatic carbocycles. The topological polar surface area (TPSA) is 46.1 Å². The number of hydrogen-bond acceptors (Lipinski definition) is 1. The van der Waals surface area contributed by atoms with E-state index in [0.29, 0.717) is 5.56 Å². The first-order chi connectivity index (χ1) is 15.0. The number of benzene rings is 1. The Balaban J connectivity index is 0.00000512. The molecule has 0 bridgehead atoms. The van der Waals surface area contributed by atoms with Crippen molar-refractivity contribution in [2.45, 2.75) is 98.5 Å². The molecular weight excluding hydrogens is 571 g/mol. The van der Waals surface area contributed by atoms with E-state index in [1.54, 1.807) is 6.07 Å². The van der Waals surface area contributed by atoms with Crippen LogP contribution < -0.4 is 25.1 Å². The van der Waals surface area contributed by atoms with Crippen LogP contribution in [0.4, 0.5) is 0 Å². The van der Waals surface area contributed by atoms with E-state index < -0.39 is 24.3 Å². The molecule has 0 fully saturated rings. The van der Waals surface area contributed by atoms with Crippen molar-refractivity contribution in [3.63, 3.8) is 0 Å². The number of aromatic nitrogens is 2. The molecule has 1 N–H and O–H groups in total. The minimum atomic E-state index is -2.61. The number of aryl methyl sites for hydroxylation is 2. The molecule has 1 heterocycles. The SMILES string of the molecule is CCC[CH2][Sn]([CH2]CCC)([CH2]CCCCC[n+]1ccn(CC)c1)[c]1cccc(C(=O)O)c1.[Br-]. The van der Waals surface area contributed by atoms with Crippen molar-refractivity contribution in [3.8, 4) is 0 Å². The number of hydrogen-bond donors (Lipinski definition) is 1. The van der Waals surface area contributed by atoms with Crippen LogP contribution in [0.2, 0.25) is 13.3 Å². The van der Waals surface area contributed by atoms with Gasteiger partial charge in [0.1, 0.15) is 0 Å². The van der Waals surface area contributed by atoms with Gasteiger partial charge in [0.05, 0.1) is 0 Å². The molecule has 0 saturated heterocycles. The molecule has 6 heteroatoms. The molecule has 0 spiro atoms. The number of halogens is 1. The van der Waals surface area contributed by atoms with Gasteiger partial charge < -0.3 is 17.0 Å². The summed E-state index contributed by atoms with van der Waals surface area (Å²) in [5, 5.41) is 9.53. The molecule has 2 aromatic rings. The van der Waals surface area contributed by atoms with Crippen LogP contribution in [0, 0.1) is 0 Å². The van der Waals surface area contributed by atoms with Gasteiger partial charge >= 0.3 is 194 Å². The summed E-state index contributed by atoms with van der Waals surface area (Å²) in [6, 6.07) is 8.05. The zero-order valence-corrected chi connectivity index (χ0v) is 24.8. The Morgan fingerprint density at radius 1 is 0.969 bits per heavy atom. The number of imidazole rings is 1. The first-order valence-corrected chi connectivity index (χ1v) is 19.9. The first kappa shape index (κ1) is 29.2. The van der Waals surface area contributed by atoms with Crippen LogP contribution in [0.5, 0.6) is 0 Å². The van der Waals surface area contributed by atoms with Crippen LogP contribution in [0.15, 0.2) is 43.0 Å². The second kappa shape index (κ2) is 15.9. The summed E-state index contributed by atoms with van der Waals surface area (Å²) in [6.45, 7) is 8.88. The molecule has 0 aliphatic rings.